The largest absolute Gasteiger partial charge is 0.324 e. The monoisotopic (exact) mass is 425 g/mol. The number of carbonyl (C=O) groups is 1. The number of hydrogen-bond acceptors (Lipinski definition) is 2. The van der Waals surface area contributed by atoms with Gasteiger partial charge >= 0.3 is 6.03 Å². The normalized spacial score (nSPS) is 10.9. The molecular formula is C27H27N3O2. The van der Waals surface area contributed by atoms with Crippen LogP contribution in [0.25, 0.3) is 21.9 Å². The van der Waals surface area contributed by atoms with E-state index in [1.807, 2.05) is 94.4 Å². The number of amides is 2. The van der Waals surface area contributed by atoms with E-state index in [0.717, 1.165) is 33.2 Å². The summed E-state index contributed by atoms with van der Waals surface area (Å²) in [5.41, 5.74) is 5.57. The molecule has 4 rings (SSSR count). The molecule has 2 N–H and O–H groups in total. The first kappa shape index (κ1) is 21.4. The molecule has 3 aromatic carbocycles. The van der Waals surface area contributed by atoms with Crippen LogP contribution in [0, 0.1) is 20.8 Å². The first-order chi connectivity index (χ1) is 15.4. The second-order valence-electron chi connectivity index (χ2n) is 8.07. The predicted octanol–water partition coefficient (Wildman–Crippen LogP) is 6.26. The second-order valence-corrected chi connectivity index (χ2v) is 8.07. The highest BCUT2D eigenvalue weighted by Crippen LogP contribution is 2.35. The van der Waals surface area contributed by atoms with Gasteiger partial charge in [-0.3, -0.25) is 14.7 Å². The molecule has 0 unspecified atom stereocenters. The minimum Gasteiger partial charge on any atom is -0.308 e. The molecule has 162 valence electrons. The smallest absolute Gasteiger partial charge is 0.308 e. The van der Waals surface area contributed by atoms with E-state index in [1.165, 1.54) is 0 Å². The summed E-state index contributed by atoms with van der Waals surface area (Å²) < 4.78 is 1.63. The molecule has 0 saturated heterocycles. The van der Waals surface area contributed by atoms with Crippen molar-refractivity contribution in [2.24, 2.45) is 0 Å². The molecule has 0 saturated carbocycles. The molecule has 0 radical (unpaired) electrons. The van der Waals surface area contributed by atoms with Crippen molar-refractivity contribution in [2.75, 3.05) is 10.6 Å². The van der Waals surface area contributed by atoms with Crippen LogP contribution in [0.3, 0.4) is 0 Å². The lowest BCUT2D eigenvalue weighted by Gasteiger charge is -2.21. The van der Waals surface area contributed by atoms with Crippen LogP contribution in [0.15, 0.2) is 71.5 Å². The van der Waals surface area contributed by atoms with Crippen molar-refractivity contribution in [1.82, 2.24) is 4.57 Å². The number of nitrogens with zero attached hydrogens (tertiary/aromatic N) is 1. The fourth-order valence-electron chi connectivity index (χ4n) is 4.03. The van der Waals surface area contributed by atoms with E-state index in [4.69, 9.17) is 0 Å². The highest BCUT2D eigenvalue weighted by molar-refractivity contribution is 6.08. The summed E-state index contributed by atoms with van der Waals surface area (Å²) in [6, 6.07) is 21.1. The van der Waals surface area contributed by atoms with Gasteiger partial charge in [0.2, 0.25) is 0 Å². The zero-order chi connectivity index (χ0) is 22.8. The summed E-state index contributed by atoms with van der Waals surface area (Å²) in [6.45, 7) is 8.36. The Hall–Kier alpha value is -3.86. The van der Waals surface area contributed by atoms with Gasteiger partial charge in [0, 0.05) is 23.2 Å². The van der Waals surface area contributed by atoms with Gasteiger partial charge in [0.25, 0.3) is 5.56 Å². The number of hydrogen-bond donors (Lipinski definition) is 2. The lowest BCUT2D eigenvalue weighted by Crippen LogP contribution is -2.28. The summed E-state index contributed by atoms with van der Waals surface area (Å²) in [7, 11) is 0. The van der Waals surface area contributed by atoms with Gasteiger partial charge in [-0.2, -0.15) is 0 Å². The van der Waals surface area contributed by atoms with Crippen molar-refractivity contribution in [2.45, 2.75) is 34.2 Å². The summed E-state index contributed by atoms with van der Waals surface area (Å²) in [5.74, 6) is 0.490. The van der Waals surface area contributed by atoms with Gasteiger partial charge in [-0.25, -0.2) is 4.79 Å². The van der Waals surface area contributed by atoms with Crippen molar-refractivity contribution < 1.29 is 4.79 Å². The minimum absolute atomic E-state index is 0.115. The number of aromatic nitrogens is 1. The first-order valence-electron chi connectivity index (χ1n) is 10.8. The molecule has 2 amide bonds. The zero-order valence-electron chi connectivity index (χ0n) is 18.8. The maximum absolute atomic E-state index is 13.4. The van der Waals surface area contributed by atoms with Crippen molar-refractivity contribution in [1.29, 1.82) is 0 Å². The average molecular weight is 426 g/mol. The number of nitrogens with one attached hydrogen (secondary N) is 2. The van der Waals surface area contributed by atoms with Crippen LogP contribution in [0.5, 0.6) is 0 Å². The summed E-state index contributed by atoms with van der Waals surface area (Å²) in [4.78, 5) is 26.4. The Morgan fingerprint density at radius 1 is 0.844 bits per heavy atom. The lowest BCUT2D eigenvalue weighted by molar-refractivity contribution is 0.262. The van der Waals surface area contributed by atoms with Gasteiger partial charge in [0.15, 0.2) is 0 Å². The quantitative estimate of drug-likeness (QED) is 0.405. The van der Waals surface area contributed by atoms with Crippen LogP contribution in [0.4, 0.5) is 16.3 Å². The Kier molecular flexibility index (Phi) is 5.82. The molecule has 32 heavy (non-hydrogen) atoms. The van der Waals surface area contributed by atoms with Gasteiger partial charge in [-0.15, -0.1) is 0 Å². The van der Waals surface area contributed by atoms with Crippen LogP contribution < -0.4 is 16.2 Å². The number of anilines is 2. The molecule has 1 heterocycles. The number of benzene rings is 3. The number of aryl methyl sites for hydroxylation is 3. The number of urea groups is 1. The Bertz CT molecular complexity index is 1370. The molecule has 0 aliphatic heterocycles. The highest BCUT2D eigenvalue weighted by Gasteiger charge is 2.20. The van der Waals surface area contributed by atoms with Gasteiger partial charge in [-0.05, 0) is 73.5 Å². The molecule has 0 fully saturated rings. The maximum atomic E-state index is 13.4. The van der Waals surface area contributed by atoms with Gasteiger partial charge in [0.1, 0.15) is 5.82 Å². The third-order valence-corrected chi connectivity index (χ3v) is 5.77. The number of pyridine rings is 1. The molecule has 5 heteroatoms. The lowest BCUT2D eigenvalue weighted by atomic mass is 9.95. The van der Waals surface area contributed by atoms with E-state index >= 15 is 0 Å². The van der Waals surface area contributed by atoms with E-state index in [1.54, 1.807) is 4.57 Å². The Morgan fingerprint density at radius 2 is 1.53 bits per heavy atom. The molecular weight excluding hydrogens is 398 g/mol. The van der Waals surface area contributed by atoms with Crippen LogP contribution in [-0.4, -0.2) is 10.6 Å². The van der Waals surface area contributed by atoms with Gasteiger partial charge < -0.3 is 5.32 Å². The van der Waals surface area contributed by atoms with Crippen LogP contribution >= 0.6 is 0 Å². The van der Waals surface area contributed by atoms with E-state index in [-0.39, 0.29) is 5.56 Å². The molecule has 0 spiro atoms. The van der Waals surface area contributed by atoms with E-state index < -0.39 is 6.03 Å². The van der Waals surface area contributed by atoms with Gasteiger partial charge in [-0.1, -0.05) is 48.5 Å². The fraction of sp³-hybridized carbons (Fsp3) is 0.185. The molecule has 1 aromatic heterocycles. The molecule has 0 bridgehead atoms. The van der Waals surface area contributed by atoms with Crippen molar-refractivity contribution in [3.05, 3.63) is 93.8 Å². The SMILES string of the molecule is CCn1c(NC(=O)Nc2cccc(C)c2)c(-c2ccccc2)c2cc(C)c(C)cc2c1=O. The first-order valence-corrected chi connectivity index (χ1v) is 10.8. The topological polar surface area (TPSA) is 63.1 Å². The average Bonchev–Trinajstić information content (AvgIpc) is 2.76. The van der Waals surface area contributed by atoms with Gasteiger partial charge in [0.05, 0.1) is 0 Å². The van der Waals surface area contributed by atoms with E-state index in [2.05, 4.69) is 10.6 Å². The Balaban J connectivity index is 1.93. The number of fused-ring (bicyclic) bond motifs is 1. The minimum atomic E-state index is -0.391. The molecule has 4 aromatic rings. The summed E-state index contributed by atoms with van der Waals surface area (Å²) >= 11 is 0. The van der Waals surface area contributed by atoms with Crippen molar-refractivity contribution in [3.8, 4) is 11.1 Å². The molecule has 5 nitrogen and oxygen atoms in total. The third kappa shape index (κ3) is 4.02. The molecule has 0 atom stereocenters. The van der Waals surface area contributed by atoms with E-state index in [9.17, 15) is 9.59 Å². The van der Waals surface area contributed by atoms with Crippen LogP contribution in [0.2, 0.25) is 0 Å². The Morgan fingerprint density at radius 3 is 2.19 bits per heavy atom. The second kappa shape index (κ2) is 8.71. The van der Waals surface area contributed by atoms with E-state index in [0.29, 0.717) is 23.4 Å². The number of rotatable bonds is 4. The zero-order valence-corrected chi connectivity index (χ0v) is 18.8. The third-order valence-electron chi connectivity index (χ3n) is 5.77. The van der Waals surface area contributed by atoms with Crippen molar-refractivity contribution >= 4 is 28.3 Å². The molecule has 0 aliphatic carbocycles. The molecule has 0 aliphatic rings. The number of carbonyl (C=O) groups excluding carboxylic acids is 1. The predicted molar refractivity (Wildman–Crippen MR) is 133 cm³/mol. The fourth-order valence-corrected chi connectivity index (χ4v) is 4.03. The summed E-state index contributed by atoms with van der Waals surface area (Å²) in [6.07, 6.45) is 0. The van der Waals surface area contributed by atoms with Crippen molar-refractivity contribution in [3.63, 3.8) is 0 Å². The highest BCUT2D eigenvalue weighted by atomic mass is 16.2. The Labute approximate surface area is 187 Å². The summed E-state index contributed by atoms with van der Waals surface area (Å²) in [5, 5.41) is 7.34. The standard InChI is InChI=1S/C27H27N3O2/c1-5-30-25(29-27(32)28-21-13-9-10-17(2)14-21)24(20-11-7-6-8-12-20)22-15-18(3)19(4)16-23(22)26(30)31/h6-16H,5H2,1-4H3,(H2,28,29,32). The van der Waals surface area contributed by atoms with Crippen LogP contribution in [-0.2, 0) is 6.54 Å². The van der Waals surface area contributed by atoms with Crippen LogP contribution in [0.1, 0.15) is 23.6 Å². The maximum Gasteiger partial charge on any atom is 0.324 e.